The lowest BCUT2D eigenvalue weighted by molar-refractivity contribution is 0.238. The number of aryl methyl sites for hydroxylation is 1. The van der Waals surface area contributed by atoms with Gasteiger partial charge in [-0.2, -0.15) is 4.98 Å². The van der Waals surface area contributed by atoms with Crippen LogP contribution in [0, 0.1) is 6.92 Å². The summed E-state index contributed by atoms with van der Waals surface area (Å²) in [7, 11) is 0. The largest absolute Gasteiger partial charge is 0.361 e. The summed E-state index contributed by atoms with van der Waals surface area (Å²) in [5.74, 6) is 1.28. The van der Waals surface area contributed by atoms with E-state index in [1.165, 1.54) is 0 Å². The summed E-state index contributed by atoms with van der Waals surface area (Å²) >= 11 is 1.58. The first-order chi connectivity index (χ1) is 10.7. The van der Waals surface area contributed by atoms with Gasteiger partial charge in [-0.3, -0.25) is 0 Å². The summed E-state index contributed by atoms with van der Waals surface area (Å²) in [5, 5.41) is 14.9. The molecule has 0 atom stereocenters. The van der Waals surface area contributed by atoms with E-state index < -0.39 is 0 Å². The molecule has 0 aromatic carbocycles. The van der Waals surface area contributed by atoms with Gasteiger partial charge in [-0.15, -0.1) is 11.3 Å². The summed E-state index contributed by atoms with van der Waals surface area (Å²) in [6.07, 6.45) is 0. The molecule has 3 aromatic rings. The summed E-state index contributed by atoms with van der Waals surface area (Å²) < 4.78 is 9.99. The maximum absolute atomic E-state index is 11.7. The van der Waals surface area contributed by atoms with Crippen molar-refractivity contribution in [1.29, 1.82) is 0 Å². The summed E-state index contributed by atoms with van der Waals surface area (Å²) in [6, 6.07) is 5.29. The highest BCUT2D eigenvalue weighted by atomic mass is 32.1. The number of nitrogens with zero attached hydrogens (tertiary/aromatic N) is 3. The lowest BCUT2D eigenvalue weighted by Gasteiger charge is -2.03. The Morgan fingerprint density at radius 1 is 1.27 bits per heavy atom. The third-order valence-electron chi connectivity index (χ3n) is 2.73. The van der Waals surface area contributed by atoms with Crippen LogP contribution in [0.1, 0.15) is 16.5 Å². The molecule has 2 N–H and O–H groups in total. The molecule has 0 aliphatic carbocycles. The Morgan fingerprint density at radius 2 is 2.14 bits per heavy atom. The van der Waals surface area contributed by atoms with E-state index in [2.05, 4.69) is 25.9 Å². The van der Waals surface area contributed by atoms with Gasteiger partial charge >= 0.3 is 6.03 Å². The fraction of sp³-hybridized carbons (Fsp3) is 0.231. The molecular weight excluding hydrogens is 306 g/mol. The zero-order chi connectivity index (χ0) is 15.4. The second-order valence-electron chi connectivity index (χ2n) is 4.45. The van der Waals surface area contributed by atoms with Crippen molar-refractivity contribution in [3.05, 3.63) is 40.1 Å². The summed E-state index contributed by atoms with van der Waals surface area (Å²) in [5.41, 5.74) is 0.495. The summed E-state index contributed by atoms with van der Waals surface area (Å²) in [4.78, 5) is 16.9. The Balaban J connectivity index is 1.49. The monoisotopic (exact) mass is 319 g/mol. The van der Waals surface area contributed by atoms with Gasteiger partial charge in [-0.1, -0.05) is 16.4 Å². The molecule has 22 heavy (non-hydrogen) atoms. The summed E-state index contributed by atoms with van der Waals surface area (Å²) in [6.45, 7) is 2.40. The van der Waals surface area contributed by atoms with Crippen molar-refractivity contribution >= 4 is 17.4 Å². The Bertz CT molecular complexity index is 749. The highest BCUT2D eigenvalue weighted by Crippen LogP contribution is 2.15. The number of hydrogen-bond donors (Lipinski definition) is 2. The van der Waals surface area contributed by atoms with E-state index in [9.17, 15) is 4.79 Å². The van der Waals surface area contributed by atoms with Crippen LogP contribution in [0.15, 0.2) is 32.6 Å². The molecule has 3 aromatic heterocycles. The molecule has 9 heteroatoms. The molecule has 0 saturated carbocycles. The molecule has 0 unspecified atom stereocenters. The minimum atomic E-state index is -0.301. The second-order valence-corrected chi connectivity index (χ2v) is 5.48. The molecular formula is C13H13N5O3S. The van der Waals surface area contributed by atoms with Gasteiger partial charge in [0.05, 0.1) is 13.1 Å². The van der Waals surface area contributed by atoms with Crippen LogP contribution < -0.4 is 10.6 Å². The van der Waals surface area contributed by atoms with Crippen molar-refractivity contribution in [2.24, 2.45) is 0 Å². The predicted octanol–water partition coefficient (Wildman–Crippen LogP) is 2.09. The van der Waals surface area contributed by atoms with Crippen LogP contribution in [-0.4, -0.2) is 21.3 Å². The van der Waals surface area contributed by atoms with Gasteiger partial charge < -0.3 is 19.7 Å². The zero-order valence-corrected chi connectivity index (χ0v) is 12.5. The van der Waals surface area contributed by atoms with Crippen LogP contribution in [-0.2, 0) is 13.1 Å². The molecule has 3 heterocycles. The van der Waals surface area contributed by atoms with Crippen molar-refractivity contribution in [3.8, 4) is 11.5 Å². The number of hydrogen-bond acceptors (Lipinski definition) is 7. The maximum atomic E-state index is 11.7. The highest BCUT2D eigenvalue weighted by molar-refractivity contribution is 7.09. The molecule has 0 fully saturated rings. The normalized spacial score (nSPS) is 10.6. The molecule has 0 aliphatic heterocycles. The molecule has 3 rings (SSSR count). The first-order valence-electron chi connectivity index (χ1n) is 6.51. The molecule has 114 valence electrons. The fourth-order valence-electron chi connectivity index (χ4n) is 1.70. The third-order valence-corrected chi connectivity index (χ3v) is 3.60. The Labute approximate surface area is 129 Å². The van der Waals surface area contributed by atoms with Crippen molar-refractivity contribution in [2.75, 3.05) is 0 Å². The van der Waals surface area contributed by atoms with Crippen LogP contribution in [0.4, 0.5) is 4.79 Å². The molecule has 0 saturated heterocycles. The Morgan fingerprint density at radius 3 is 2.86 bits per heavy atom. The van der Waals surface area contributed by atoms with E-state index >= 15 is 0 Å². The van der Waals surface area contributed by atoms with E-state index in [0.29, 0.717) is 29.7 Å². The first-order valence-corrected chi connectivity index (χ1v) is 7.39. The van der Waals surface area contributed by atoms with Gasteiger partial charge in [-0.25, -0.2) is 4.79 Å². The standard InChI is InChI=1S/C13H13N5O3S/c1-8-5-10(17-20-8)12-16-11(21-18-12)7-15-13(19)14-6-9-3-2-4-22-9/h2-5H,6-7H2,1H3,(H2,14,15,19). The van der Waals surface area contributed by atoms with Gasteiger partial charge in [0.15, 0.2) is 5.69 Å². The molecule has 0 aliphatic rings. The molecule has 0 spiro atoms. The number of urea groups is 1. The van der Waals surface area contributed by atoms with Gasteiger partial charge in [0.1, 0.15) is 5.76 Å². The van der Waals surface area contributed by atoms with Crippen LogP contribution in [0.5, 0.6) is 0 Å². The average molecular weight is 319 g/mol. The van der Waals surface area contributed by atoms with E-state index in [4.69, 9.17) is 9.05 Å². The number of thiophene rings is 1. The van der Waals surface area contributed by atoms with Crippen LogP contribution in [0.25, 0.3) is 11.5 Å². The van der Waals surface area contributed by atoms with Gasteiger partial charge in [-0.05, 0) is 18.4 Å². The lowest BCUT2D eigenvalue weighted by Crippen LogP contribution is -2.34. The lowest BCUT2D eigenvalue weighted by atomic mass is 10.4. The number of aromatic nitrogens is 3. The van der Waals surface area contributed by atoms with E-state index in [-0.39, 0.29) is 12.6 Å². The molecule has 0 radical (unpaired) electrons. The number of nitrogens with one attached hydrogen (secondary N) is 2. The maximum Gasteiger partial charge on any atom is 0.315 e. The Hall–Kier alpha value is -2.68. The van der Waals surface area contributed by atoms with Gasteiger partial charge in [0.25, 0.3) is 0 Å². The van der Waals surface area contributed by atoms with E-state index in [1.807, 2.05) is 17.5 Å². The van der Waals surface area contributed by atoms with Gasteiger partial charge in [0.2, 0.25) is 11.7 Å². The fourth-order valence-corrected chi connectivity index (χ4v) is 2.35. The Kier molecular flexibility index (Phi) is 4.15. The van der Waals surface area contributed by atoms with Crippen LogP contribution >= 0.6 is 11.3 Å². The number of rotatable bonds is 5. The highest BCUT2D eigenvalue weighted by Gasteiger charge is 2.13. The zero-order valence-electron chi connectivity index (χ0n) is 11.7. The van der Waals surface area contributed by atoms with Crippen molar-refractivity contribution in [2.45, 2.75) is 20.0 Å². The average Bonchev–Trinajstić information content (AvgIpc) is 3.24. The predicted molar refractivity (Wildman–Crippen MR) is 77.9 cm³/mol. The number of carbonyl (C=O) groups excluding carboxylic acids is 1. The third kappa shape index (κ3) is 3.50. The smallest absolute Gasteiger partial charge is 0.315 e. The van der Waals surface area contributed by atoms with E-state index in [1.54, 1.807) is 24.3 Å². The molecule has 0 bridgehead atoms. The van der Waals surface area contributed by atoms with Crippen molar-refractivity contribution in [3.63, 3.8) is 0 Å². The SMILES string of the molecule is Cc1cc(-c2noc(CNC(=O)NCc3cccs3)n2)no1. The molecule has 2 amide bonds. The van der Waals surface area contributed by atoms with Crippen molar-refractivity contribution < 1.29 is 13.8 Å². The number of carbonyl (C=O) groups is 1. The topological polar surface area (TPSA) is 106 Å². The van der Waals surface area contributed by atoms with Crippen molar-refractivity contribution in [1.82, 2.24) is 25.9 Å². The quantitative estimate of drug-likeness (QED) is 0.746. The van der Waals surface area contributed by atoms with Crippen LogP contribution in [0.2, 0.25) is 0 Å². The minimum absolute atomic E-state index is 0.139. The first kappa shape index (κ1) is 14.3. The van der Waals surface area contributed by atoms with E-state index in [0.717, 1.165) is 4.88 Å². The van der Waals surface area contributed by atoms with Crippen LogP contribution in [0.3, 0.4) is 0 Å². The van der Waals surface area contributed by atoms with Gasteiger partial charge in [0, 0.05) is 10.9 Å². The minimum Gasteiger partial charge on any atom is -0.361 e. The number of amides is 2. The second kappa shape index (κ2) is 6.39. The molecule has 8 nitrogen and oxygen atoms in total.